The van der Waals surface area contributed by atoms with Crippen molar-refractivity contribution in [3.8, 4) is 5.82 Å². The molecule has 0 aliphatic carbocycles. The first-order chi connectivity index (χ1) is 12.4. The number of carbonyl (C=O) groups is 1. The number of aromatic nitrogens is 2. The Bertz CT molecular complexity index is 952. The van der Waals surface area contributed by atoms with Gasteiger partial charge >= 0.3 is 0 Å². The molecule has 0 radical (unpaired) electrons. The van der Waals surface area contributed by atoms with Crippen molar-refractivity contribution in [2.45, 2.75) is 27.3 Å². The van der Waals surface area contributed by atoms with Crippen LogP contribution in [-0.2, 0) is 11.3 Å². The predicted octanol–water partition coefficient (Wildman–Crippen LogP) is 3.86. The molecule has 0 aliphatic heterocycles. The number of carbonyl (C=O) groups excluding carboxylic acids is 1. The monoisotopic (exact) mass is 353 g/mol. The number of halogens is 1. The van der Waals surface area contributed by atoms with Gasteiger partial charge in [0.1, 0.15) is 11.6 Å². The number of benzene rings is 1. The van der Waals surface area contributed by atoms with E-state index < -0.39 is 0 Å². The normalized spacial score (nSPS) is 11.2. The van der Waals surface area contributed by atoms with Gasteiger partial charge in [-0.25, -0.2) is 4.39 Å². The Balaban J connectivity index is 1.68. The summed E-state index contributed by atoms with van der Waals surface area (Å²) in [6, 6.07) is 9.89. The lowest BCUT2D eigenvalue weighted by atomic mass is 10.2. The zero-order chi connectivity index (χ0) is 18.7. The zero-order valence-electron chi connectivity index (χ0n) is 14.9. The van der Waals surface area contributed by atoms with Gasteiger partial charge in [0.05, 0.1) is 0 Å². The van der Waals surface area contributed by atoms with Crippen molar-refractivity contribution in [1.82, 2.24) is 15.0 Å². The van der Waals surface area contributed by atoms with E-state index in [0.717, 1.165) is 34.1 Å². The van der Waals surface area contributed by atoms with Gasteiger partial charge in [-0.2, -0.15) is 0 Å². The van der Waals surface area contributed by atoms with Crippen LogP contribution in [0, 0.1) is 26.6 Å². The second-order valence-electron chi connectivity index (χ2n) is 6.14. The Morgan fingerprint density at radius 3 is 2.62 bits per heavy atom. The minimum atomic E-state index is -0.294. The van der Waals surface area contributed by atoms with Gasteiger partial charge in [0.2, 0.25) is 5.91 Å². The maximum absolute atomic E-state index is 12.9. The Morgan fingerprint density at radius 2 is 1.96 bits per heavy atom. The molecule has 134 valence electrons. The summed E-state index contributed by atoms with van der Waals surface area (Å²) in [5.74, 6) is 0.955. The van der Waals surface area contributed by atoms with E-state index in [4.69, 9.17) is 4.52 Å². The van der Waals surface area contributed by atoms with Crippen LogP contribution in [0.15, 0.2) is 47.0 Å². The average Bonchev–Trinajstić information content (AvgIpc) is 3.15. The van der Waals surface area contributed by atoms with Crippen molar-refractivity contribution in [1.29, 1.82) is 0 Å². The Kier molecular flexibility index (Phi) is 5.02. The van der Waals surface area contributed by atoms with Crippen LogP contribution in [-0.4, -0.2) is 15.6 Å². The Morgan fingerprint density at radius 1 is 1.23 bits per heavy atom. The smallest absolute Gasteiger partial charge is 0.244 e. The van der Waals surface area contributed by atoms with Crippen LogP contribution in [0.3, 0.4) is 0 Å². The molecule has 0 aliphatic rings. The first-order valence-electron chi connectivity index (χ1n) is 8.27. The molecule has 26 heavy (non-hydrogen) atoms. The van der Waals surface area contributed by atoms with Crippen molar-refractivity contribution < 1.29 is 13.7 Å². The first kappa shape index (κ1) is 17.7. The maximum atomic E-state index is 12.9. The molecule has 0 spiro atoms. The summed E-state index contributed by atoms with van der Waals surface area (Å²) >= 11 is 0. The third-order valence-electron chi connectivity index (χ3n) is 4.11. The first-order valence-corrected chi connectivity index (χ1v) is 8.27. The van der Waals surface area contributed by atoms with Gasteiger partial charge in [-0.15, -0.1) is 0 Å². The summed E-state index contributed by atoms with van der Waals surface area (Å²) in [5.41, 5.74) is 3.74. The lowest BCUT2D eigenvalue weighted by Gasteiger charge is -2.04. The molecule has 3 rings (SSSR count). The number of hydrogen-bond acceptors (Lipinski definition) is 3. The number of nitrogens with zero attached hydrogens (tertiary/aromatic N) is 2. The molecule has 3 aromatic rings. The fourth-order valence-electron chi connectivity index (χ4n) is 2.78. The largest absolute Gasteiger partial charge is 0.360 e. The van der Waals surface area contributed by atoms with Gasteiger partial charge in [-0.1, -0.05) is 17.3 Å². The summed E-state index contributed by atoms with van der Waals surface area (Å²) < 4.78 is 20.0. The molecule has 0 saturated heterocycles. The third-order valence-corrected chi connectivity index (χ3v) is 4.11. The van der Waals surface area contributed by atoms with Crippen LogP contribution in [0.4, 0.5) is 4.39 Å². The number of hydrogen-bond donors (Lipinski definition) is 1. The molecule has 0 saturated carbocycles. The van der Waals surface area contributed by atoms with E-state index in [1.54, 1.807) is 18.2 Å². The van der Waals surface area contributed by atoms with Crippen molar-refractivity contribution in [3.05, 3.63) is 76.6 Å². The van der Waals surface area contributed by atoms with Gasteiger partial charge in [-0.3, -0.25) is 9.36 Å². The SMILES string of the molecule is Cc1cc(-n2c(C)cc(/C=C/C(=O)NCc3ccc(F)cc3)c2C)no1. The Hall–Kier alpha value is -3.15. The summed E-state index contributed by atoms with van der Waals surface area (Å²) in [6.45, 7) is 6.13. The third kappa shape index (κ3) is 3.91. The molecule has 2 heterocycles. The molecular weight excluding hydrogens is 333 g/mol. The van der Waals surface area contributed by atoms with Crippen LogP contribution in [0.5, 0.6) is 0 Å². The lowest BCUT2D eigenvalue weighted by molar-refractivity contribution is -0.116. The molecule has 0 fully saturated rings. The molecule has 1 aromatic carbocycles. The van der Waals surface area contributed by atoms with Gasteiger partial charge in [0.15, 0.2) is 5.82 Å². The molecule has 2 aromatic heterocycles. The van der Waals surface area contributed by atoms with Crippen molar-refractivity contribution in [3.63, 3.8) is 0 Å². The fourth-order valence-corrected chi connectivity index (χ4v) is 2.78. The summed E-state index contributed by atoms with van der Waals surface area (Å²) in [6.07, 6.45) is 3.26. The van der Waals surface area contributed by atoms with Crippen LogP contribution >= 0.6 is 0 Å². The van der Waals surface area contributed by atoms with Gasteiger partial charge < -0.3 is 9.84 Å². The van der Waals surface area contributed by atoms with Crippen molar-refractivity contribution in [2.24, 2.45) is 0 Å². The van der Waals surface area contributed by atoms with Gasteiger partial charge in [0, 0.05) is 30.1 Å². The molecule has 1 amide bonds. The minimum Gasteiger partial charge on any atom is -0.360 e. The molecular formula is C20H20FN3O2. The highest BCUT2D eigenvalue weighted by Crippen LogP contribution is 2.21. The molecule has 5 nitrogen and oxygen atoms in total. The van der Waals surface area contributed by atoms with E-state index >= 15 is 0 Å². The maximum Gasteiger partial charge on any atom is 0.244 e. The molecule has 6 heteroatoms. The standard InChI is InChI=1S/C20H20FN3O2/c1-13-10-17(15(3)24(13)19-11-14(2)26-23-19)6-9-20(25)22-12-16-4-7-18(21)8-5-16/h4-11H,12H2,1-3H3,(H,22,25)/b9-6+. The van der Waals surface area contributed by atoms with Crippen LogP contribution in [0.25, 0.3) is 11.9 Å². The second-order valence-corrected chi connectivity index (χ2v) is 6.14. The number of amides is 1. The highest BCUT2D eigenvalue weighted by molar-refractivity contribution is 5.91. The quantitative estimate of drug-likeness (QED) is 0.709. The van der Waals surface area contributed by atoms with Crippen molar-refractivity contribution in [2.75, 3.05) is 0 Å². The van der Waals surface area contributed by atoms with E-state index in [1.807, 2.05) is 37.5 Å². The zero-order valence-corrected chi connectivity index (χ0v) is 14.9. The fraction of sp³-hybridized carbons (Fsp3) is 0.200. The second kappa shape index (κ2) is 7.39. The summed E-state index contributed by atoms with van der Waals surface area (Å²) in [5, 5.41) is 6.83. The summed E-state index contributed by atoms with van der Waals surface area (Å²) in [4.78, 5) is 12.0. The van der Waals surface area contributed by atoms with E-state index in [9.17, 15) is 9.18 Å². The van der Waals surface area contributed by atoms with Crippen LogP contribution in [0.2, 0.25) is 0 Å². The lowest BCUT2D eigenvalue weighted by Crippen LogP contribution is -2.20. The van der Waals surface area contributed by atoms with Crippen LogP contribution < -0.4 is 5.32 Å². The molecule has 0 bridgehead atoms. The number of nitrogens with one attached hydrogen (secondary N) is 1. The van der Waals surface area contributed by atoms with E-state index in [0.29, 0.717) is 6.54 Å². The average molecular weight is 353 g/mol. The van der Waals surface area contributed by atoms with E-state index in [2.05, 4.69) is 10.5 Å². The van der Waals surface area contributed by atoms with Crippen LogP contribution in [0.1, 0.15) is 28.3 Å². The molecule has 0 unspecified atom stereocenters. The van der Waals surface area contributed by atoms with E-state index in [-0.39, 0.29) is 11.7 Å². The summed E-state index contributed by atoms with van der Waals surface area (Å²) in [7, 11) is 0. The molecule has 0 atom stereocenters. The topological polar surface area (TPSA) is 60.1 Å². The highest BCUT2D eigenvalue weighted by atomic mass is 19.1. The van der Waals surface area contributed by atoms with E-state index in [1.165, 1.54) is 18.2 Å². The van der Waals surface area contributed by atoms with Crippen molar-refractivity contribution >= 4 is 12.0 Å². The number of rotatable bonds is 5. The Labute approximate surface area is 151 Å². The van der Waals surface area contributed by atoms with Gasteiger partial charge in [0.25, 0.3) is 0 Å². The van der Waals surface area contributed by atoms with Gasteiger partial charge in [-0.05, 0) is 56.2 Å². The number of aryl methyl sites for hydroxylation is 2. The highest BCUT2D eigenvalue weighted by Gasteiger charge is 2.12. The minimum absolute atomic E-state index is 0.212. The molecule has 1 N–H and O–H groups in total. The predicted molar refractivity (Wildman–Crippen MR) is 97.3 cm³/mol.